The van der Waals surface area contributed by atoms with Gasteiger partial charge in [0.25, 0.3) is 0 Å². The number of benzene rings is 2. The molecule has 2 aromatic carbocycles. The Balaban J connectivity index is 2.37. The zero-order valence-electron chi connectivity index (χ0n) is 14.2. The fourth-order valence-electron chi connectivity index (χ4n) is 2.79. The van der Waals surface area contributed by atoms with Gasteiger partial charge in [-0.05, 0) is 14.1 Å². The molecule has 0 atom stereocenters. The van der Waals surface area contributed by atoms with Crippen molar-refractivity contribution in [3.8, 4) is 28.6 Å². The first-order valence-corrected chi connectivity index (χ1v) is 7.72. The van der Waals surface area contributed by atoms with Gasteiger partial charge in [0, 0.05) is 18.2 Å². The van der Waals surface area contributed by atoms with Crippen molar-refractivity contribution in [3.63, 3.8) is 0 Å². The Hall–Kier alpha value is -2.99. The number of phenols is 2. The van der Waals surface area contributed by atoms with Crippen LogP contribution in [0.2, 0.25) is 0 Å². The minimum Gasteiger partial charge on any atom is -0.507 e. The maximum atomic E-state index is 12.6. The van der Waals surface area contributed by atoms with Gasteiger partial charge in [0.15, 0.2) is 16.8 Å². The van der Waals surface area contributed by atoms with Crippen LogP contribution in [0.15, 0.2) is 45.6 Å². The molecule has 25 heavy (non-hydrogen) atoms. The number of hydrogen-bond acceptors (Lipinski definition) is 6. The number of phenolic OH excluding ortho intramolecular Hbond substituents is 2. The Morgan fingerprint density at radius 1 is 1.12 bits per heavy atom. The number of nitrogens with zero attached hydrogens (tertiary/aromatic N) is 1. The fraction of sp³-hybridized carbons (Fsp3) is 0.211. The van der Waals surface area contributed by atoms with Gasteiger partial charge in [-0.25, -0.2) is 0 Å². The molecule has 2 N–H and O–H groups in total. The molecule has 0 amide bonds. The first-order chi connectivity index (χ1) is 11.9. The van der Waals surface area contributed by atoms with Crippen LogP contribution in [-0.2, 0) is 6.54 Å². The minimum absolute atomic E-state index is 0.00817. The second-order valence-electron chi connectivity index (χ2n) is 5.99. The van der Waals surface area contributed by atoms with E-state index in [0.29, 0.717) is 11.3 Å². The molecular formula is C19H19NO5. The summed E-state index contributed by atoms with van der Waals surface area (Å²) in [7, 11) is 4.95. The van der Waals surface area contributed by atoms with Crippen LogP contribution in [0.25, 0.3) is 22.3 Å². The van der Waals surface area contributed by atoms with Gasteiger partial charge in [0.1, 0.15) is 16.9 Å². The summed E-state index contributed by atoms with van der Waals surface area (Å²) in [5.41, 5.74) is 0.538. The summed E-state index contributed by atoms with van der Waals surface area (Å²) in [6, 6.07) is 10.4. The number of hydrogen-bond donors (Lipinski definition) is 2. The van der Waals surface area contributed by atoms with Gasteiger partial charge in [-0.2, -0.15) is 0 Å². The number of fused-ring (bicyclic) bond motifs is 1. The number of aromatic hydroxyl groups is 2. The molecule has 0 saturated heterocycles. The maximum absolute atomic E-state index is 12.6. The van der Waals surface area contributed by atoms with Gasteiger partial charge >= 0.3 is 0 Å². The molecule has 0 fully saturated rings. The molecule has 0 aliphatic carbocycles. The maximum Gasteiger partial charge on any atom is 0.205 e. The molecule has 0 bridgehead atoms. The second kappa shape index (κ2) is 6.49. The van der Waals surface area contributed by atoms with Crippen LogP contribution < -0.4 is 10.2 Å². The molecule has 0 spiro atoms. The summed E-state index contributed by atoms with van der Waals surface area (Å²) >= 11 is 0. The molecule has 6 heteroatoms. The predicted molar refractivity (Wildman–Crippen MR) is 95.2 cm³/mol. The van der Waals surface area contributed by atoms with E-state index in [1.807, 2.05) is 18.2 Å². The lowest BCUT2D eigenvalue weighted by Crippen LogP contribution is -2.12. The van der Waals surface area contributed by atoms with Crippen molar-refractivity contribution >= 4 is 11.0 Å². The smallest absolute Gasteiger partial charge is 0.205 e. The zero-order valence-corrected chi connectivity index (χ0v) is 14.2. The van der Waals surface area contributed by atoms with E-state index in [9.17, 15) is 15.0 Å². The third-order valence-corrected chi connectivity index (χ3v) is 3.91. The summed E-state index contributed by atoms with van der Waals surface area (Å²) in [5, 5.41) is 21.0. The molecule has 1 heterocycles. The molecule has 6 nitrogen and oxygen atoms in total. The average Bonchev–Trinajstić information content (AvgIpc) is 2.59. The fourth-order valence-corrected chi connectivity index (χ4v) is 2.79. The van der Waals surface area contributed by atoms with Crippen LogP contribution in [0.3, 0.4) is 0 Å². The molecule has 0 aliphatic heterocycles. The van der Waals surface area contributed by atoms with Crippen molar-refractivity contribution < 1.29 is 19.4 Å². The summed E-state index contributed by atoms with van der Waals surface area (Å²) in [5.74, 6) is -0.181. The highest BCUT2D eigenvalue weighted by Gasteiger charge is 2.24. The quantitative estimate of drug-likeness (QED) is 0.759. The lowest BCUT2D eigenvalue weighted by Gasteiger charge is -2.17. The van der Waals surface area contributed by atoms with E-state index in [1.165, 1.54) is 13.2 Å². The second-order valence-corrected chi connectivity index (χ2v) is 5.99. The Bertz CT molecular complexity index is 977. The molecule has 3 rings (SSSR count). The van der Waals surface area contributed by atoms with Crippen molar-refractivity contribution in [3.05, 3.63) is 52.2 Å². The van der Waals surface area contributed by atoms with E-state index in [1.54, 1.807) is 31.1 Å². The molecule has 3 aromatic rings. The number of methoxy groups -OCH3 is 1. The SMILES string of the molecule is COc1c(O)c(CN(C)C)c(O)c2c(=O)cc(-c3ccccc3)oc12. The number of ether oxygens (including phenoxy) is 1. The summed E-state index contributed by atoms with van der Waals surface area (Å²) in [4.78, 5) is 14.4. The van der Waals surface area contributed by atoms with Gasteiger partial charge < -0.3 is 24.3 Å². The molecule has 0 radical (unpaired) electrons. The third kappa shape index (κ3) is 2.92. The molecular weight excluding hydrogens is 322 g/mol. The molecule has 0 unspecified atom stereocenters. The largest absolute Gasteiger partial charge is 0.507 e. The van der Waals surface area contributed by atoms with Crippen molar-refractivity contribution in [2.45, 2.75) is 6.54 Å². The zero-order chi connectivity index (χ0) is 18.1. The Labute approximate surface area is 144 Å². The third-order valence-electron chi connectivity index (χ3n) is 3.91. The van der Waals surface area contributed by atoms with E-state index >= 15 is 0 Å². The summed E-state index contributed by atoms with van der Waals surface area (Å²) < 4.78 is 11.1. The van der Waals surface area contributed by atoms with Crippen LogP contribution >= 0.6 is 0 Å². The standard InChI is InChI=1S/C19H19NO5/c1-20(2)10-12-16(22)15-13(21)9-14(11-7-5-4-6-8-11)25-18(15)19(24-3)17(12)23/h4-9,22-23H,10H2,1-3H3. The van der Waals surface area contributed by atoms with Gasteiger partial charge in [-0.3, -0.25) is 4.79 Å². The van der Waals surface area contributed by atoms with E-state index in [-0.39, 0.29) is 40.3 Å². The van der Waals surface area contributed by atoms with Gasteiger partial charge in [-0.1, -0.05) is 30.3 Å². The van der Waals surface area contributed by atoms with Crippen LogP contribution in [0.1, 0.15) is 5.56 Å². The van der Waals surface area contributed by atoms with Crippen molar-refractivity contribution in [2.75, 3.05) is 21.2 Å². The molecule has 0 saturated carbocycles. The normalized spacial score (nSPS) is 11.2. The van der Waals surface area contributed by atoms with E-state index in [2.05, 4.69) is 0 Å². The van der Waals surface area contributed by atoms with E-state index in [0.717, 1.165) is 0 Å². The molecule has 1 aromatic heterocycles. The van der Waals surface area contributed by atoms with Crippen molar-refractivity contribution in [1.82, 2.24) is 4.90 Å². The molecule has 0 aliphatic rings. The van der Waals surface area contributed by atoms with Gasteiger partial charge in [0.05, 0.1) is 12.7 Å². The highest BCUT2D eigenvalue weighted by atomic mass is 16.5. The number of rotatable bonds is 4. The highest BCUT2D eigenvalue weighted by Crippen LogP contribution is 2.44. The van der Waals surface area contributed by atoms with Crippen molar-refractivity contribution in [2.24, 2.45) is 0 Å². The van der Waals surface area contributed by atoms with Crippen LogP contribution in [0.5, 0.6) is 17.2 Å². The first kappa shape index (κ1) is 16.9. The van der Waals surface area contributed by atoms with Crippen LogP contribution in [0, 0.1) is 0 Å². The Kier molecular flexibility index (Phi) is 4.37. The lowest BCUT2D eigenvalue weighted by molar-refractivity contribution is 0.343. The highest BCUT2D eigenvalue weighted by molar-refractivity contribution is 5.93. The lowest BCUT2D eigenvalue weighted by atomic mass is 10.0. The average molecular weight is 341 g/mol. The minimum atomic E-state index is -0.407. The van der Waals surface area contributed by atoms with Crippen LogP contribution in [-0.4, -0.2) is 36.3 Å². The predicted octanol–water partition coefficient (Wildman–Crippen LogP) is 2.94. The first-order valence-electron chi connectivity index (χ1n) is 7.72. The van der Waals surface area contributed by atoms with Crippen molar-refractivity contribution in [1.29, 1.82) is 0 Å². The molecule has 130 valence electrons. The topological polar surface area (TPSA) is 83.1 Å². The van der Waals surface area contributed by atoms with E-state index < -0.39 is 5.43 Å². The van der Waals surface area contributed by atoms with Gasteiger partial charge in [-0.15, -0.1) is 0 Å². The Morgan fingerprint density at radius 3 is 2.40 bits per heavy atom. The Morgan fingerprint density at radius 2 is 1.80 bits per heavy atom. The van der Waals surface area contributed by atoms with E-state index in [4.69, 9.17) is 9.15 Å². The van der Waals surface area contributed by atoms with Gasteiger partial charge in [0.2, 0.25) is 5.75 Å². The summed E-state index contributed by atoms with van der Waals surface area (Å²) in [6.07, 6.45) is 0. The summed E-state index contributed by atoms with van der Waals surface area (Å²) in [6.45, 7) is 0.240. The monoisotopic (exact) mass is 341 g/mol. The van der Waals surface area contributed by atoms with Crippen LogP contribution in [0.4, 0.5) is 0 Å².